The zero-order valence-electron chi connectivity index (χ0n) is 18.5. The maximum Gasteiger partial charge on any atom is 0.273 e. The quantitative estimate of drug-likeness (QED) is 0.604. The topological polar surface area (TPSA) is 100 Å². The Labute approximate surface area is 183 Å². The molecule has 0 bridgehead atoms. The van der Waals surface area contributed by atoms with E-state index in [-0.39, 0.29) is 30.0 Å². The number of ether oxygens (including phenoxy) is 1. The zero-order chi connectivity index (χ0) is 22.1. The van der Waals surface area contributed by atoms with Gasteiger partial charge in [-0.25, -0.2) is 0 Å². The number of aromatic amines is 1. The Morgan fingerprint density at radius 1 is 1.23 bits per heavy atom. The van der Waals surface area contributed by atoms with Gasteiger partial charge < -0.3 is 19.9 Å². The average Bonchev–Trinajstić information content (AvgIpc) is 2.78. The Morgan fingerprint density at radius 3 is 2.77 bits per heavy atom. The second kappa shape index (κ2) is 11.6. The summed E-state index contributed by atoms with van der Waals surface area (Å²) in [7, 11) is 0. The molecule has 168 valence electrons. The first-order valence-corrected chi connectivity index (χ1v) is 11.2. The fraction of sp³-hybridized carbons (Fsp3) is 0.565. The number of piperidine rings is 1. The van der Waals surface area contributed by atoms with Crippen LogP contribution in [0, 0.1) is 5.92 Å². The molecule has 1 amide bonds. The molecule has 0 atom stereocenters. The van der Waals surface area contributed by atoms with Crippen molar-refractivity contribution >= 4 is 5.91 Å². The Hall–Kier alpha value is -2.74. The van der Waals surface area contributed by atoms with Crippen LogP contribution in [0.5, 0.6) is 5.75 Å². The first-order valence-electron chi connectivity index (χ1n) is 11.2. The number of nitrogens with zero attached hydrogens (tertiary/aromatic N) is 3. The highest BCUT2D eigenvalue weighted by Crippen LogP contribution is 2.20. The second-order valence-corrected chi connectivity index (χ2v) is 8.43. The van der Waals surface area contributed by atoms with Gasteiger partial charge >= 0.3 is 0 Å². The number of amides is 1. The number of H-pyrrole nitrogens is 1. The third-order valence-corrected chi connectivity index (χ3v) is 5.24. The molecule has 0 aliphatic carbocycles. The lowest BCUT2D eigenvalue weighted by molar-refractivity contribution is -0.121. The van der Waals surface area contributed by atoms with Crippen molar-refractivity contribution in [1.82, 2.24) is 25.4 Å². The van der Waals surface area contributed by atoms with E-state index in [4.69, 9.17) is 4.74 Å². The van der Waals surface area contributed by atoms with Gasteiger partial charge in [0.05, 0.1) is 6.61 Å². The first kappa shape index (κ1) is 22.9. The predicted molar refractivity (Wildman–Crippen MR) is 120 cm³/mol. The van der Waals surface area contributed by atoms with Crippen LogP contribution in [0.25, 0.3) is 11.4 Å². The molecule has 1 aromatic carbocycles. The highest BCUT2D eigenvalue weighted by atomic mass is 16.5. The summed E-state index contributed by atoms with van der Waals surface area (Å²) in [6, 6.07) is 7.40. The fourth-order valence-electron chi connectivity index (χ4n) is 3.51. The number of carbonyl (C=O) groups excluding carboxylic acids is 1. The number of aryl methyl sites for hydroxylation is 1. The Balaban J connectivity index is 1.49. The molecule has 1 fully saturated rings. The van der Waals surface area contributed by atoms with Crippen LogP contribution in [0.15, 0.2) is 29.1 Å². The van der Waals surface area contributed by atoms with Crippen molar-refractivity contribution in [2.45, 2.75) is 46.0 Å². The van der Waals surface area contributed by atoms with Crippen LogP contribution >= 0.6 is 0 Å². The standard InChI is InChI=1S/C23H33N5O3/c1-17(2)16-31-19-8-6-7-18(15-19)22-25-23(30)20(26-27-22)9-10-21(29)24-11-14-28-12-4-3-5-13-28/h6-8,15,17H,3-5,9-14,16H2,1-2H3,(H,24,29)(H,25,27,30). The lowest BCUT2D eigenvalue weighted by Gasteiger charge is -2.26. The predicted octanol–water partition coefficient (Wildman–Crippen LogP) is 2.40. The van der Waals surface area contributed by atoms with Crippen molar-refractivity contribution in [3.8, 4) is 17.1 Å². The average molecular weight is 428 g/mol. The van der Waals surface area contributed by atoms with Gasteiger partial charge in [0.2, 0.25) is 5.91 Å². The highest BCUT2D eigenvalue weighted by molar-refractivity contribution is 5.76. The Morgan fingerprint density at radius 2 is 2.03 bits per heavy atom. The smallest absolute Gasteiger partial charge is 0.273 e. The number of carbonyl (C=O) groups is 1. The molecule has 2 N–H and O–H groups in total. The van der Waals surface area contributed by atoms with Crippen LogP contribution < -0.4 is 15.6 Å². The van der Waals surface area contributed by atoms with Crippen molar-refractivity contribution in [3.05, 3.63) is 40.3 Å². The van der Waals surface area contributed by atoms with E-state index in [9.17, 15) is 9.59 Å². The van der Waals surface area contributed by atoms with Crippen molar-refractivity contribution in [2.24, 2.45) is 5.92 Å². The maximum atomic E-state index is 12.4. The van der Waals surface area contributed by atoms with E-state index in [1.807, 2.05) is 24.3 Å². The molecule has 2 heterocycles. The van der Waals surface area contributed by atoms with Gasteiger partial charge in [0.15, 0.2) is 5.82 Å². The highest BCUT2D eigenvalue weighted by Gasteiger charge is 2.12. The summed E-state index contributed by atoms with van der Waals surface area (Å²) in [6.07, 6.45) is 4.25. The number of likely N-dealkylation sites (tertiary alicyclic amines) is 1. The molecule has 8 nitrogen and oxygen atoms in total. The molecule has 3 rings (SSSR count). The Kier molecular flexibility index (Phi) is 8.58. The summed E-state index contributed by atoms with van der Waals surface area (Å²) in [6.45, 7) is 8.52. The maximum absolute atomic E-state index is 12.4. The molecule has 2 aromatic rings. The van der Waals surface area contributed by atoms with Crippen molar-refractivity contribution in [1.29, 1.82) is 0 Å². The van der Waals surface area contributed by atoms with Gasteiger partial charge in [-0.05, 0) is 44.0 Å². The molecule has 0 unspecified atom stereocenters. The molecule has 0 radical (unpaired) electrons. The molecule has 1 aliphatic heterocycles. The van der Waals surface area contributed by atoms with E-state index in [0.29, 0.717) is 24.9 Å². The van der Waals surface area contributed by atoms with Gasteiger partial charge in [-0.15, -0.1) is 10.2 Å². The van der Waals surface area contributed by atoms with Crippen LogP contribution in [-0.2, 0) is 11.2 Å². The van der Waals surface area contributed by atoms with Gasteiger partial charge in [0.1, 0.15) is 11.4 Å². The van der Waals surface area contributed by atoms with Crippen molar-refractivity contribution in [3.63, 3.8) is 0 Å². The molecule has 31 heavy (non-hydrogen) atoms. The van der Waals surface area contributed by atoms with Gasteiger partial charge in [-0.1, -0.05) is 32.4 Å². The van der Waals surface area contributed by atoms with Gasteiger partial charge in [0, 0.05) is 31.5 Å². The van der Waals surface area contributed by atoms with E-state index in [1.165, 1.54) is 19.3 Å². The van der Waals surface area contributed by atoms with Crippen molar-refractivity contribution < 1.29 is 9.53 Å². The van der Waals surface area contributed by atoms with E-state index < -0.39 is 0 Å². The first-order chi connectivity index (χ1) is 15.0. The molecule has 8 heteroatoms. The minimum atomic E-state index is -0.320. The van der Waals surface area contributed by atoms with Crippen LogP contribution in [0.3, 0.4) is 0 Å². The number of rotatable bonds is 10. The van der Waals surface area contributed by atoms with E-state index in [1.54, 1.807) is 0 Å². The third kappa shape index (κ3) is 7.47. The molecule has 0 spiro atoms. The monoisotopic (exact) mass is 427 g/mol. The number of benzene rings is 1. The number of aromatic nitrogens is 3. The Bertz CT molecular complexity index is 906. The molecule has 1 saturated heterocycles. The van der Waals surface area contributed by atoms with Gasteiger partial charge in [0.25, 0.3) is 5.56 Å². The summed E-state index contributed by atoms with van der Waals surface area (Å²) in [5.41, 5.74) is 0.676. The van der Waals surface area contributed by atoms with E-state index in [0.717, 1.165) is 30.9 Å². The van der Waals surface area contributed by atoms with Crippen molar-refractivity contribution in [2.75, 3.05) is 32.8 Å². The molecule has 1 aromatic heterocycles. The number of hydrogen-bond acceptors (Lipinski definition) is 6. The summed E-state index contributed by atoms with van der Waals surface area (Å²) >= 11 is 0. The van der Waals surface area contributed by atoms with Gasteiger partial charge in [-0.2, -0.15) is 0 Å². The molecular weight excluding hydrogens is 394 g/mol. The minimum absolute atomic E-state index is 0.0720. The lowest BCUT2D eigenvalue weighted by Crippen LogP contribution is -2.37. The summed E-state index contributed by atoms with van der Waals surface area (Å²) in [5, 5.41) is 11.1. The summed E-state index contributed by atoms with van der Waals surface area (Å²) in [5.74, 6) is 1.45. The van der Waals surface area contributed by atoms with Crippen LogP contribution in [0.2, 0.25) is 0 Å². The summed E-state index contributed by atoms with van der Waals surface area (Å²) in [4.78, 5) is 29.7. The second-order valence-electron chi connectivity index (χ2n) is 8.43. The fourth-order valence-corrected chi connectivity index (χ4v) is 3.51. The number of hydrogen-bond donors (Lipinski definition) is 2. The van der Waals surface area contributed by atoms with Crippen LogP contribution in [-0.4, -0.2) is 58.8 Å². The molecular formula is C23H33N5O3. The van der Waals surface area contributed by atoms with E-state index in [2.05, 4.69) is 39.2 Å². The largest absolute Gasteiger partial charge is 0.493 e. The lowest BCUT2D eigenvalue weighted by atomic mass is 10.1. The van der Waals surface area contributed by atoms with Gasteiger partial charge in [-0.3, -0.25) is 9.59 Å². The minimum Gasteiger partial charge on any atom is -0.493 e. The van der Waals surface area contributed by atoms with Crippen LogP contribution in [0.4, 0.5) is 0 Å². The SMILES string of the molecule is CC(C)COc1cccc(-c2nnc(CCC(=O)NCCN3CCCCC3)c(=O)[nH]2)c1. The zero-order valence-corrected chi connectivity index (χ0v) is 18.5. The third-order valence-electron chi connectivity index (χ3n) is 5.24. The molecule has 1 aliphatic rings. The molecule has 0 saturated carbocycles. The normalized spacial score (nSPS) is 14.5. The number of nitrogens with one attached hydrogen (secondary N) is 2. The van der Waals surface area contributed by atoms with Crippen LogP contribution in [0.1, 0.15) is 45.2 Å². The summed E-state index contributed by atoms with van der Waals surface area (Å²) < 4.78 is 5.73. The van der Waals surface area contributed by atoms with E-state index >= 15 is 0 Å².